The van der Waals surface area contributed by atoms with Gasteiger partial charge in [0.1, 0.15) is 5.75 Å². The van der Waals surface area contributed by atoms with Crippen molar-refractivity contribution in [2.24, 2.45) is 0 Å². The van der Waals surface area contributed by atoms with Crippen LogP contribution in [0.15, 0.2) is 30.3 Å². The van der Waals surface area contributed by atoms with Crippen molar-refractivity contribution in [3.63, 3.8) is 0 Å². The first kappa shape index (κ1) is 19.8. The van der Waals surface area contributed by atoms with E-state index in [2.05, 4.69) is 0 Å². The van der Waals surface area contributed by atoms with Crippen LogP contribution in [0, 0.1) is 5.82 Å². The molecule has 2 N–H and O–H groups in total. The van der Waals surface area contributed by atoms with E-state index in [0.717, 1.165) is 22.3 Å². The Morgan fingerprint density at radius 1 is 1.08 bits per heavy atom. The average Bonchev–Trinajstić information content (AvgIpc) is 2.55. The molecule has 26 heavy (non-hydrogen) atoms. The summed E-state index contributed by atoms with van der Waals surface area (Å²) in [6.45, 7) is 7.42. The second-order valence-electron chi connectivity index (χ2n) is 7.04. The summed E-state index contributed by atoms with van der Waals surface area (Å²) in [5, 5.41) is 18.7. The third-order valence-electron chi connectivity index (χ3n) is 4.28. The van der Waals surface area contributed by atoms with Crippen LogP contribution in [0.1, 0.15) is 61.8 Å². The number of phenols is 1. The van der Waals surface area contributed by atoms with Crippen LogP contribution in [0.25, 0.3) is 0 Å². The van der Waals surface area contributed by atoms with Crippen molar-refractivity contribution in [1.29, 1.82) is 0 Å². The second-order valence-corrected chi connectivity index (χ2v) is 7.04. The zero-order valence-electron chi connectivity index (χ0n) is 15.5. The Bertz CT molecular complexity index is 797. The predicted octanol–water partition coefficient (Wildman–Crippen LogP) is 4.83. The minimum Gasteiger partial charge on any atom is -0.508 e. The third kappa shape index (κ3) is 4.75. The molecule has 0 saturated heterocycles. The summed E-state index contributed by atoms with van der Waals surface area (Å²) < 4.78 is 19.4. The van der Waals surface area contributed by atoms with Crippen molar-refractivity contribution < 1.29 is 24.1 Å². The summed E-state index contributed by atoms with van der Waals surface area (Å²) in [5.41, 5.74) is 3.56. The maximum atomic E-state index is 14.4. The van der Waals surface area contributed by atoms with E-state index in [1.807, 2.05) is 39.8 Å². The fourth-order valence-corrected chi connectivity index (χ4v) is 2.95. The number of hydrogen-bond acceptors (Lipinski definition) is 3. The van der Waals surface area contributed by atoms with Crippen LogP contribution in [0.5, 0.6) is 11.5 Å². The Hall–Kier alpha value is -2.56. The smallest absolute Gasteiger partial charge is 0.341 e. The lowest BCUT2D eigenvalue weighted by Crippen LogP contribution is -2.11. The molecule has 0 aliphatic heterocycles. The Morgan fingerprint density at radius 2 is 1.73 bits per heavy atom. The minimum atomic E-state index is -1.15. The van der Waals surface area contributed by atoms with Crippen molar-refractivity contribution in [2.75, 3.05) is 6.61 Å². The maximum Gasteiger partial charge on any atom is 0.341 e. The summed E-state index contributed by atoms with van der Waals surface area (Å²) in [6, 6.07) is 8.44. The van der Waals surface area contributed by atoms with Gasteiger partial charge in [-0.3, -0.25) is 0 Å². The van der Waals surface area contributed by atoms with Crippen molar-refractivity contribution >= 4 is 5.97 Å². The summed E-state index contributed by atoms with van der Waals surface area (Å²) in [4.78, 5) is 10.7. The molecule has 0 amide bonds. The van der Waals surface area contributed by atoms with Crippen LogP contribution >= 0.6 is 0 Å². The molecule has 0 heterocycles. The number of benzene rings is 2. The van der Waals surface area contributed by atoms with Gasteiger partial charge in [0.05, 0.1) is 0 Å². The molecule has 0 aromatic heterocycles. The summed E-state index contributed by atoms with van der Waals surface area (Å²) in [5.74, 6) is -1.20. The van der Waals surface area contributed by atoms with Crippen molar-refractivity contribution in [2.45, 2.75) is 46.0 Å². The van der Waals surface area contributed by atoms with Gasteiger partial charge in [0.25, 0.3) is 0 Å². The fraction of sp³-hybridized carbons (Fsp3) is 0.381. The molecule has 0 fully saturated rings. The molecular formula is C21H25FO4. The van der Waals surface area contributed by atoms with Crippen LogP contribution in [0.4, 0.5) is 4.39 Å². The predicted molar refractivity (Wildman–Crippen MR) is 98.6 cm³/mol. The summed E-state index contributed by atoms with van der Waals surface area (Å²) in [6.07, 6.45) is 0.518. The fourth-order valence-electron chi connectivity index (χ4n) is 2.95. The highest BCUT2D eigenvalue weighted by atomic mass is 19.1. The minimum absolute atomic E-state index is 0.0478. The van der Waals surface area contributed by atoms with Crippen molar-refractivity contribution in [3.05, 3.63) is 58.4 Å². The SMILES string of the molecule is CC(C)c1cc(Cc2cc(F)c(OCC(=O)O)cc2C(C)C)ccc1O. The Morgan fingerprint density at radius 3 is 2.31 bits per heavy atom. The lowest BCUT2D eigenvalue weighted by molar-refractivity contribution is -0.139. The van der Waals surface area contributed by atoms with E-state index in [4.69, 9.17) is 9.84 Å². The number of carboxylic acid groups (broad SMARTS) is 1. The molecule has 0 spiro atoms. The van der Waals surface area contributed by atoms with Crippen molar-refractivity contribution in [1.82, 2.24) is 0 Å². The average molecular weight is 360 g/mol. The van der Waals surface area contributed by atoms with Crippen LogP contribution in [-0.4, -0.2) is 22.8 Å². The van der Waals surface area contributed by atoms with E-state index in [0.29, 0.717) is 6.42 Å². The van der Waals surface area contributed by atoms with Gasteiger partial charge in [-0.1, -0.05) is 39.8 Å². The molecule has 2 aromatic carbocycles. The number of carbonyl (C=O) groups is 1. The summed E-state index contributed by atoms with van der Waals surface area (Å²) in [7, 11) is 0. The molecule has 0 aliphatic carbocycles. The molecule has 2 aromatic rings. The number of rotatable bonds is 7. The van der Waals surface area contributed by atoms with Crippen molar-refractivity contribution in [3.8, 4) is 11.5 Å². The Balaban J connectivity index is 2.38. The maximum absolute atomic E-state index is 14.4. The van der Waals surface area contributed by atoms with E-state index in [1.165, 1.54) is 6.07 Å². The lowest BCUT2D eigenvalue weighted by Gasteiger charge is -2.17. The number of halogens is 1. The van der Waals surface area contributed by atoms with E-state index in [1.54, 1.807) is 12.1 Å². The topological polar surface area (TPSA) is 66.8 Å². The van der Waals surface area contributed by atoms with Gasteiger partial charge in [0, 0.05) is 0 Å². The van der Waals surface area contributed by atoms with Gasteiger partial charge in [0.2, 0.25) is 0 Å². The molecule has 0 bridgehead atoms. The highest BCUT2D eigenvalue weighted by molar-refractivity contribution is 5.68. The zero-order chi connectivity index (χ0) is 19.4. The van der Waals surface area contributed by atoms with Gasteiger partial charge in [-0.15, -0.1) is 0 Å². The molecule has 0 aliphatic rings. The number of aromatic hydroxyl groups is 1. The molecule has 4 nitrogen and oxygen atoms in total. The zero-order valence-corrected chi connectivity index (χ0v) is 15.5. The first-order chi connectivity index (χ1) is 12.2. The van der Waals surface area contributed by atoms with Gasteiger partial charge in [-0.2, -0.15) is 0 Å². The highest BCUT2D eigenvalue weighted by Gasteiger charge is 2.16. The Labute approximate surface area is 153 Å². The molecule has 5 heteroatoms. The van der Waals surface area contributed by atoms with Crippen LogP contribution in [-0.2, 0) is 11.2 Å². The second kappa shape index (κ2) is 8.21. The number of hydrogen-bond donors (Lipinski definition) is 2. The van der Waals surface area contributed by atoms with E-state index < -0.39 is 18.4 Å². The third-order valence-corrected chi connectivity index (χ3v) is 4.28. The Kier molecular flexibility index (Phi) is 6.24. The molecule has 0 saturated carbocycles. The van der Waals surface area contributed by atoms with E-state index in [-0.39, 0.29) is 23.3 Å². The van der Waals surface area contributed by atoms with Gasteiger partial charge in [-0.25, -0.2) is 9.18 Å². The molecule has 0 unspecified atom stereocenters. The van der Waals surface area contributed by atoms with E-state index in [9.17, 15) is 14.3 Å². The molecule has 140 valence electrons. The monoisotopic (exact) mass is 360 g/mol. The highest BCUT2D eigenvalue weighted by Crippen LogP contribution is 2.31. The van der Waals surface area contributed by atoms with Gasteiger partial charge in [-0.05, 0) is 58.7 Å². The quantitative estimate of drug-likeness (QED) is 0.742. The van der Waals surface area contributed by atoms with E-state index >= 15 is 0 Å². The van der Waals surface area contributed by atoms with Gasteiger partial charge in [0.15, 0.2) is 18.2 Å². The molecular weight excluding hydrogens is 335 g/mol. The molecule has 2 rings (SSSR count). The molecule has 0 radical (unpaired) electrons. The molecule has 0 atom stereocenters. The number of aliphatic carboxylic acids is 1. The van der Waals surface area contributed by atoms with Gasteiger partial charge < -0.3 is 14.9 Å². The van der Waals surface area contributed by atoms with Crippen LogP contribution in [0.3, 0.4) is 0 Å². The summed E-state index contributed by atoms with van der Waals surface area (Å²) >= 11 is 0. The standard InChI is InChI=1S/C21H25FO4/c1-12(2)16-10-20(26-11-21(24)25)18(22)9-15(16)7-14-5-6-19(23)17(8-14)13(3)4/h5-6,8-10,12-13,23H,7,11H2,1-4H3,(H,24,25). The first-order valence-corrected chi connectivity index (χ1v) is 8.67. The normalized spacial score (nSPS) is 11.2. The lowest BCUT2D eigenvalue weighted by atomic mass is 9.91. The van der Waals surface area contributed by atoms with Gasteiger partial charge >= 0.3 is 5.97 Å². The number of carboxylic acids is 1. The van der Waals surface area contributed by atoms with Crippen LogP contribution < -0.4 is 4.74 Å². The largest absolute Gasteiger partial charge is 0.508 e. The number of ether oxygens (including phenoxy) is 1. The first-order valence-electron chi connectivity index (χ1n) is 8.67. The van der Waals surface area contributed by atoms with Crippen LogP contribution in [0.2, 0.25) is 0 Å². The number of phenolic OH excluding ortho intramolecular Hbond substituents is 1.